The van der Waals surface area contributed by atoms with E-state index in [-0.39, 0.29) is 0 Å². The van der Waals surface area contributed by atoms with Crippen LogP contribution in [0.2, 0.25) is 0 Å². The van der Waals surface area contributed by atoms with E-state index in [1.54, 1.807) is 11.8 Å². The van der Waals surface area contributed by atoms with Gasteiger partial charge in [0.25, 0.3) is 0 Å². The third kappa shape index (κ3) is 2.67. The summed E-state index contributed by atoms with van der Waals surface area (Å²) in [6.45, 7) is 1.20. The molecule has 1 aliphatic rings. The summed E-state index contributed by atoms with van der Waals surface area (Å²) in [5, 5.41) is 12.9. The van der Waals surface area contributed by atoms with E-state index in [4.69, 9.17) is 0 Å². The molecule has 0 amide bonds. The molecule has 18 heavy (non-hydrogen) atoms. The second-order valence-corrected chi connectivity index (χ2v) is 5.76. The SMILES string of the molecule is c1ccn2c(SCCCC3CCCN3)nnc2c1. The summed E-state index contributed by atoms with van der Waals surface area (Å²) in [6, 6.07) is 6.74. The van der Waals surface area contributed by atoms with E-state index in [2.05, 4.69) is 19.9 Å². The predicted molar refractivity (Wildman–Crippen MR) is 74.0 cm³/mol. The predicted octanol–water partition coefficient (Wildman–Crippen LogP) is 2.35. The zero-order valence-corrected chi connectivity index (χ0v) is 11.2. The molecular weight excluding hydrogens is 244 g/mol. The van der Waals surface area contributed by atoms with Crippen LogP contribution in [0.5, 0.6) is 0 Å². The topological polar surface area (TPSA) is 42.2 Å². The van der Waals surface area contributed by atoms with Crippen LogP contribution in [0.4, 0.5) is 0 Å². The first-order valence-electron chi connectivity index (χ1n) is 6.59. The van der Waals surface area contributed by atoms with Gasteiger partial charge in [-0.05, 0) is 44.4 Å². The lowest BCUT2D eigenvalue weighted by molar-refractivity contribution is 0.553. The van der Waals surface area contributed by atoms with Crippen molar-refractivity contribution in [3.8, 4) is 0 Å². The van der Waals surface area contributed by atoms with Crippen LogP contribution in [0.25, 0.3) is 5.65 Å². The van der Waals surface area contributed by atoms with Gasteiger partial charge < -0.3 is 5.32 Å². The first kappa shape index (κ1) is 12.0. The molecule has 0 radical (unpaired) electrons. The van der Waals surface area contributed by atoms with Gasteiger partial charge in [-0.2, -0.15) is 0 Å². The highest BCUT2D eigenvalue weighted by Gasteiger charge is 2.13. The van der Waals surface area contributed by atoms with Crippen molar-refractivity contribution >= 4 is 17.4 Å². The third-order valence-electron chi connectivity index (χ3n) is 3.37. The molecule has 0 aliphatic carbocycles. The number of fused-ring (bicyclic) bond motifs is 1. The van der Waals surface area contributed by atoms with E-state index in [1.807, 2.05) is 24.4 Å². The minimum atomic E-state index is 0.751. The number of pyridine rings is 1. The molecule has 1 saturated heterocycles. The minimum Gasteiger partial charge on any atom is -0.314 e. The highest BCUT2D eigenvalue weighted by atomic mass is 32.2. The van der Waals surface area contributed by atoms with E-state index in [1.165, 1.54) is 32.2 Å². The maximum atomic E-state index is 4.22. The molecule has 96 valence electrons. The average molecular weight is 262 g/mol. The van der Waals surface area contributed by atoms with Gasteiger partial charge in [0.2, 0.25) is 0 Å². The fourth-order valence-corrected chi connectivity index (χ4v) is 3.30. The van der Waals surface area contributed by atoms with E-state index in [0.29, 0.717) is 0 Å². The van der Waals surface area contributed by atoms with Gasteiger partial charge in [0.15, 0.2) is 10.8 Å². The molecule has 3 rings (SSSR count). The van der Waals surface area contributed by atoms with Gasteiger partial charge >= 0.3 is 0 Å². The normalized spacial score (nSPS) is 19.7. The van der Waals surface area contributed by atoms with Gasteiger partial charge in [0.05, 0.1) is 0 Å². The van der Waals surface area contributed by atoms with Crippen molar-refractivity contribution in [1.29, 1.82) is 0 Å². The Labute approximate surface area is 111 Å². The highest BCUT2D eigenvalue weighted by molar-refractivity contribution is 7.99. The highest BCUT2D eigenvalue weighted by Crippen LogP contribution is 2.19. The van der Waals surface area contributed by atoms with Crippen molar-refractivity contribution < 1.29 is 0 Å². The summed E-state index contributed by atoms with van der Waals surface area (Å²) < 4.78 is 2.05. The number of thioether (sulfide) groups is 1. The molecule has 0 spiro atoms. The summed E-state index contributed by atoms with van der Waals surface area (Å²) in [7, 11) is 0. The fraction of sp³-hybridized carbons (Fsp3) is 0.538. The van der Waals surface area contributed by atoms with Crippen LogP contribution in [0.15, 0.2) is 29.6 Å². The second-order valence-electron chi connectivity index (χ2n) is 4.70. The van der Waals surface area contributed by atoms with Gasteiger partial charge in [-0.3, -0.25) is 4.40 Å². The molecular formula is C13H18N4S. The van der Waals surface area contributed by atoms with E-state index in [9.17, 15) is 0 Å². The molecule has 5 heteroatoms. The first-order valence-corrected chi connectivity index (χ1v) is 7.58. The molecule has 3 heterocycles. The lowest BCUT2D eigenvalue weighted by Gasteiger charge is -2.08. The van der Waals surface area contributed by atoms with Crippen LogP contribution in [0.3, 0.4) is 0 Å². The van der Waals surface area contributed by atoms with Crippen molar-refractivity contribution in [2.24, 2.45) is 0 Å². The smallest absolute Gasteiger partial charge is 0.195 e. The van der Waals surface area contributed by atoms with Gasteiger partial charge in [-0.1, -0.05) is 17.8 Å². The van der Waals surface area contributed by atoms with Crippen LogP contribution in [-0.2, 0) is 0 Å². The minimum absolute atomic E-state index is 0.751. The lowest BCUT2D eigenvalue weighted by atomic mass is 10.1. The van der Waals surface area contributed by atoms with Crippen molar-refractivity contribution in [2.45, 2.75) is 36.9 Å². The van der Waals surface area contributed by atoms with Crippen molar-refractivity contribution in [3.63, 3.8) is 0 Å². The largest absolute Gasteiger partial charge is 0.314 e. The maximum absolute atomic E-state index is 4.22. The number of nitrogens with zero attached hydrogens (tertiary/aromatic N) is 3. The van der Waals surface area contributed by atoms with Gasteiger partial charge in [0, 0.05) is 18.0 Å². The molecule has 1 fully saturated rings. The first-order chi connectivity index (χ1) is 8.93. The molecule has 1 N–H and O–H groups in total. The van der Waals surface area contributed by atoms with Crippen molar-refractivity contribution in [1.82, 2.24) is 19.9 Å². The summed E-state index contributed by atoms with van der Waals surface area (Å²) in [6.07, 6.45) is 7.23. The van der Waals surface area contributed by atoms with E-state index >= 15 is 0 Å². The number of hydrogen-bond acceptors (Lipinski definition) is 4. The van der Waals surface area contributed by atoms with E-state index in [0.717, 1.165) is 22.6 Å². The Morgan fingerprint density at radius 3 is 3.28 bits per heavy atom. The molecule has 0 saturated carbocycles. The third-order valence-corrected chi connectivity index (χ3v) is 4.40. The Bertz CT molecular complexity index is 504. The summed E-state index contributed by atoms with van der Waals surface area (Å²) >= 11 is 1.80. The maximum Gasteiger partial charge on any atom is 0.195 e. The zero-order valence-electron chi connectivity index (χ0n) is 10.4. The van der Waals surface area contributed by atoms with Crippen LogP contribution in [0.1, 0.15) is 25.7 Å². The Kier molecular flexibility index (Phi) is 3.81. The molecule has 1 unspecified atom stereocenters. The van der Waals surface area contributed by atoms with Crippen LogP contribution in [-0.4, -0.2) is 32.9 Å². The average Bonchev–Trinajstić information content (AvgIpc) is 3.04. The van der Waals surface area contributed by atoms with Crippen LogP contribution < -0.4 is 5.32 Å². The van der Waals surface area contributed by atoms with Gasteiger partial charge in [-0.25, -0.2) is 0 Å². The van der Waals surface area contributed by atoms with E-state index < -0.39 is 0 Å². The Morgan fingerprint density at radius 2 is 2.39 bits per heavy atom. The Hall–Kier alpha value is -1.07. The standard InChI is InChI=1S/C13H18N4S/c1-2-9-17-12(7-1)15-16-13(17)18-10-4-6-11-5-3-8-14-11/h1-2,7,9,11,14H,3-6,8,10H2. The Morgan fingerprint density at radius 1 is 1.39 bits per heavy atom. The monoisotopic (exact) mass is 262 g/mol. The number of rotatable bonds is 5. The summed E-state index contributed by atoms with van der Waals surface area (Å²) in [5.41, 5.74) is 0.928. The summed E-state index contributed by atoms with van der Waals surface area (Å²) in [5.74, 6) is 1.12. The van der Waals surface area contributed by atoms with Crippen LogP contribution in [0, 0.1) is 0 Å². The molecule has 0 aromatic carbocycles. The van der Waals surface area contributed by atoms with Crippen LogP contribution >= 0.6 is 11.8 Å². The van der Waals surface area contributed by atoms with Crippen molar-refractivity contribution in [2.75, 3.05) is 12.3 Å². The summed E-state index contributed by atoms with van der Waals surface area (Å²) in [4.78, 5) is 0. The number of aromatic nitrogens is 3. The molecule has 4 nitrogen and oxygen atoms in total. The zero-order chi connectivity index (χ0) is 12.2. The van der Waals surface area contributed by atoms with Gasteiger partial charge in [0.1, 0.15) is 0 Å². The van der Waals surface area contributed by atoms with Gasteiger partial charge in [-0.15, -0.1) is 10.2 Å². The van der Waals surface area contributed by atoms with Crippen molar-refractivity contribution in [3.05, 3.63) is 24.4 Å². The Balaban J connectivity index is 1.50. The lowest BCUT2D eigenvalue weighted by Crippen LogP contribution is -2.20. The quantitative estimate of drug-likeness (QED) is 0.663. The molecule has 1 aliphatic heterocycles. The fourth-order valence-electron chi connectivity index (χ4n) is 2.41. The molecule has 0 bridgehead atoms. The molecule has 2 aromatic rings. The molecule has 1 atom stereocenters. The number of nitrogens with one attached hydrogen (secondary N) is 1. The molecule has 2 aromatic heterocycles. The second kappa shape index (κ2) is 5.71. The number of hydrogen-bond donors (Lipinski definition) is 1.